The summed E-state index contributed by atoms with van der Waals surface area (Å²) in [6, 6.07) is 21.5. The Morgan fingerprint density at radius 3 is 2.21 bits per heavy atom. The summed E-state index contributed by atoms with van der Waals surface area (Å²) >= 11 is 0. The number of aryl methyl sites for hydroxylation is 3. The Labute approximate surface area is 142 Å². The van der Waals surface area contributed by atoms with Crippen molar-refractivity contribution in [2.45, 2.75) is 20.8 Å². The standard InChI is InChI=1S/C22H21N2/c1-16-12-17(2)22(18(3)13-16)23-14-20-10-7-11-21(24(20)15-23)19-8-5-4-6-9-19/h4-15H,1-3H3/q+1. The molecule has 0 aliphatic carbocycles. The molecule has 0 fully saturated rings. The van der Waals surface area contributed by atoms with E-state index in [1.54, 1.807) is 0 Å². The van der Waals surface area contributed by atoms with Gasteiger partial charge in [-0.15, -0.1) is 0 Å². The second-order valence-electron chi connectivity index (χ2n) is 6.47. The van der Waals surface area contributed by atoms with Crippen LogP contribution in [0.3, 0.4) is 0 Å². The van der Waals surface area contributed by atoms with E-state index in [9.17, 15) is 0 Å². The number of imidazole rings is 1. The van der Waals surface area contributed by atoms with Crippen LogP contribution >= 0.6 is 0 Å². The Morgan fingerprint density at radius 1 is 0.792 bits per heavy atom. The monoisotopic (exact) mass is 313 g/mol. The molecule has 0 spiro atoms. The van der Waals surface area contributed by atoms with Crippen molar-refractivity contribution in [2.24, 2.45) is 0 Å². The molecule has 2 heterocycles. The Morgan fingerprint density at radius 2 is 1.50 bits per heavy atom. The summed E-state index contributed by atoms with van der Waals surface area (Å²) in [7, 11) is 0. The van der Waals surface area contributed by atoms with Gasteiger partial charge in [-0.25, -0.2) is 4.57 Å². The summed E-state index contributed by atoms with van der Waals surface area (Å²) in [6.45, 7) is 6.52. The van der Waals surface area contributed by atoms with Crippen molar-refractivity contribution in [3.8, 4) is 16.9 Å². The zero-order valence-corrected chi connectivity index (χ0v) is 14.3. The summed E-state index contributed by atoms with van der Waals surface area (Å²) in [4.78, 5) is 0. The van der Waals surface area contributed by atoms with Crippen LogP contribution in [0.25, 0.3) is 22.5 Å². The van der Waals surface area contributed by atoms with E-state index in [1.165, 1.54) is 39.2 Å². The minimum absolute atomic E-state index is 1.19. The van der Waals surface area contributed by atoms with Crippen LogP contribution in [-0.2, 0) is 0 Å². The smallest absolute Gasteiger partial charge is 0.201 e. The summed E-state index contributed by atoms with van der Waals surface area (Å²) in [6.07, 6.45) is 4.39. The molecule has 2 nitrogen and oxygen atoms in total. The lowest BCUT2D eigenvalue weighted by molar-refractivity contribution is -0.594. The van der Waals surface area contributed by atoms with Crippen LogP contribution in [0.4, 0.5) is 0 Å². The number of fused-ring (bicyclic) bond motifs is 1. The van der Waals surface area contributed by atoms with Gasteiger partial charge in [0, 0.05) is 5.56 Å². The molecule has 0 radical (unpaired) electrons. The van der Waals surface area contributed by atoms with E-state index in [0.29, 0.717) is 0 Å². The molecule has 0 N–H and O–H groups in total. The van der Waals surface area contributed by atoms with Crippen LogP contribution in [0.2, 0.25) is 0 Å². The molecule has 2 heteroatoms. The van der Waals surface area contributed by atoms with Crippen molar-refractivity contribution < 1.29 is 4.57 Å². The maximum absolute atomic E-state index is 2.26. The summed E-state index contributed by atoms with van der Waals surface area (Å²) in [5, 5.41) is 0. The van der Waals surface area contributed by atoms with E-state index in [1.807, 2.05) is 0 Å². The topological polar surface area (TPSA) is 8.29 Å². The van der Waals surface area contributed by atoms with Gasteiger partial charge in [-0.05, 0) is 44.0 Å². The van der Waals surface area contributed by atoms with Gasteiger partial charge in [0.2, 0.25) is 0 Å². The second-order valence-corrected chi connectivity index (χ2v) is 6.47. The maximum Gasteiger partial charge on any atom is 0.254 e. The number of aromatic nitrogens is 2. The highest BCUT2D eigenvalue weighted by molar-refractivity contribution is 5.64. The molecule has 4 rings (SSSR count). The number of benzene rings is 2. The van der Waals surface area contributed by atoms with Gasteiger partial charge in [-0.3, -0.25) is 0 Å². The fourth-order valence-electron chi connectivity index (χ4n) is 3.62. The van der Waals surface area contributed by atoms with Gasteiger partial charge in [-0.1, -0.05) is 54.1 Å². The molecule has 0 bridgehead atoms. The van der Waals surface area contributed by atoms with Crippen molar-refractivity contribution in [1.29, 1.82) is 0 Å². The SMILES string of the molecule is Cc1cc(C)c(-[n+]2cc3cccc(-c4ccccc4)n3c2)c(C)c1. The number of rotatable bonds is 2. The quantitative estimate of drug-likeness (QED) is 0.469. The first kappa shape index (κ1) is 14.7. The van der Waals surface area contributed by atoms with E-state index in [0.717, 1.165) is 0 Å². The van der Waals surface area contributed by atoms with Crippen LogP contribution < -0.4 is 4.57 Å². The molecule has 0 atom stereocenters. The van der Waals surface area contributed by atoms with Gasteiger partial charge in [0.1, 0.15) is 17.6 Å². The third-order valence-electron chi connectivity index (χ3n) is 4.53. The van der Waals surface area contributed by atoms with Gasteiger partial charge >= 0.3 is 0 Å². The number of hydrogen-bond acceptors (Lipinski definition) is 0. The molecular formula is C22H21N2+. The Balaban J connectivity index is 1.95. The molecule has 0 saturated carbocycles. The number of nitrogens with zero attached hydrogens (tertiary/aromatic N) is 2. The van der Waals surface area contributed by atoms with Crippen molar-refractivity contribution in [3.63, 3.8) is 0 Å². The second kappa shape index (κ2) is 5.64. The van der Waals surface area contributed by atoms with Crippen molar-refractivity contribution in [2.75, 3.05) is 0 Å². The molecule has 0 unspecified atom stereocenters. The third-order valence-corrected chi connectivity index (χ3v) is 4.53. The predicted octanol–water partition coefficient (Wildman–Crippen LogP) is 4.81. The van der Waals surface area contributed by atoms with Gasteiger partial charge in [0.05, 0.1) is 0 Å². The van der Waals surface area contributed by atoms with E-state index in [2.05, 4.69) is 103 Å². The molecule has 2 aromatic carbocycles. The van der Waals surface area contributed by atoms with Crippen molar-refractivity contribution in [3.05, 3.63) is 89.9 Å². The van der Waals surface area contributed by atoms with Gasteiger partial charge in [0.25, 0.3) is 6.33 Å². The predicted molar refractivity (Wildman–Crippen MR) is 98.6 cm³/mol. The highest BCUT2D eigenvalue weighted by Gasteiger charge is 2.16. The van der Waals surface area contributed by atoms with E-state index >= 15 is 0 Å². The lowest BCUT2D eigenvalue weighted by Gasteiger charge is -2.06. The normalized spacial score (nSPS) is 11.1. The first-order valence-corrected chi connectivity index (χ1v) is 8.29. The molecule has 118 valence electrons. The van der Waals surface area contributed by atoms with Crippen molar-refractivity contribution in [1.82, 2.24) is 4.40 Å². The number of hydrogen-bond donors (Lipinski definition) is 0. The van der Waals surface area contributed by atoms with E-state index in [-0.39, 0.29) is 0 Å². The zero-order valence-electron chi connectivity index (χ0n) is 14.3. The fraction of sp³-hybridized carbons (Fsp3) is 0.136. The average Bonchev–Trinajstić information content (AvgIpc) is 2.98. The largest absolute Gasteiger partial charge is 0.254 e. The Hall–Kier alpha value is -2.87. The molecule has 0 aliphatic rings. The summed E-state index contributed by atoms with van der Waals surface area (Å²) in [5.74, 6) is 0. The van der Waals surface area contributed by atoms with Crippen LogP contribution in [0, 0.1) is 20.8 Å². The first-order valence-electron chi connectivity index (χ1n) is 8.29. The highest BCUT2D eigenvalue weighted by Crippen LogP contribution is 2.22. The van der Waals surface area contributed by atoms with Gasteiger partial charge < -0.3 is 0 Å². The Bertz CT molecular complexity index is 1000. The fourth-order valence-corrected chi connectivity index (χ4v) is 3.62. The molecule has 2 aromatic heterocycles. The maximum atomic E-state index is 2.26. The zero-order chi connectivity index (χ0) is 16.7. The van der Waals surface area contributed by atoms with Crippen LogP contribution in [0.15, 0.2) is 73.2 Å². The van der Waals surface area contributed by atoms with Crippen LogP contribution in [-0.4, -0.2) is 4.40 Å². The minimum atomic E-state index is 1.19. The van der Waals surface area contributed by atoms with Crippen LogP contribution in [0.5, 0.6) is 0 Å². The average molecular weight is 313 g/mol. The Kier molecular flexibility index (Phi) is 3.46. The minimum Gasteiger partial charge on any atom is -0.201 e. The van der Waals surface area contributed by atoms with E-state index < -0.39 is 0 Å². The van der Waals surface area contributed by atoms with Crippen molar-refractivity contribution >= 4 is 5.52 Å². The third kappa shape index (κ3) is 2.41. The lowest BCUT2D eigenvalue weighted by atomic mass is 10.1. The molecule has 0 aliphatic heterocycles. The summed E-state index contributed by atoms with van der Waals surface area (Å²) in [5.41, 5.74) is 8.80. The molecule has 24 heavy (non-hydrogen) atoms. The van der Waals surface area contributed by atoms with E-state index in [4.69, 9.17) is 0 Å². The molecule has 0 amide bonds. The van der Waals surface area contributed by atoms with Gasteiger partial charge in [-0.2, -0.15) is 4.40 Å². The molecule has 0 saturated heterocycles. The summed E-state index contributed by atoms with van der Waals surface area (Å²) < 4.78 is 4.50. The molecule has 4 aromatic rings. The van der Waals surface area contributed by atoms with Crippen LogP contribution in [0.1, 0.15) is 16.7 Å². The molecular weight excluding hydrogens is 292 g/mol. The highest BCUT2D eigenvalue weighted by atomic mass is 15.1. The number of pyridine rings is 1. The first-order chi connectivity index (χ1) is 11.6. The lowest BCUT2D eigenvalue weighted by Crippen LogP contribution is -2.29. The van der Waals surface area contributed by atoms with Gasteiger partial charge in [0.15, 0.2) is 5.52 Å².